The minimum absolute atomic E-state index is 0. The number of cyclic esters (lactones) is 1. The second kappa shape index (κ2) is 45.0. The van der Waals surface area contributed by atoms with Gasteiger partial charge in [0.1, 0.15) is 18.5 Å². The van der Waals surface area contributed by atoms with Crippen molar-refractivity contribution in [2.75, 3.05) is 139 Å². The van der Waals surface area contributed by atoms with Crippen molar-refractivity contribution in [1.82, 2.24) is 19.8 Å². The number of aliphatic hydroxyl groups excluding tert-OH is 2. The second-order valence-electron chi connectivity index (χ2n) is 20.3. The number of fused-ring (bicyclic) bond motifs is 5. The largest absolute Gasteiger partial charge is 0.481 e. The summed E-state index contributed by atoms with van der Waals surface area (Å²) in [4.78, 5) is 76.8. The van der Waals surface area contributed by atoms with Crippen LogP contribution in [0.5, 0.6) is 0 Å². The minimum atomic E-state index is -1.48. The van der Waals surface area contributed by atoms with Gasteiger partial charge in [-0.15, -0.1) is 0 Å². The zero-order valence-electron chi connectivity index (χ0n) is 52.9. The number of carboxylic acid groups (broad SMARTS) is 2. The second-order valence-corrected chi connectivity index (χ2v) is 20.3. The molecule has 502 valence electrons. The number of nitrogens with two attached hydrogens (primary N) is 1. The normalized spacial score (nSPS) is 17.1. The van der Waals surface area contributed by atoms with Gasteiger partial charge in [0.25, 0.3) is 5.56 Å². The number of esters is 1. The molecule has 0 bridgehead atoms. The van der Waals surface area contributed by atoms with E-state index in [1.54, 1.807) is 17.6 Å². The molecule has 4 heterocycles. The van der Waals surface area contributed by atoms with Crippen molar-refractivity contribution in [2.24, 2.45) is 11.1 Å². The number of benzene rings is 1. The van der Waals surface area contributed by atoms with Crippen LogP contribution in [0.4, 0.5) is 9.18 Å². The maximum Gasteiger partial charge on any atom is 0.405 e. The van der Waals surface area contributed by atoms with Gasteiger partial charge in [-0.05, 0) is 80.7 Å². The third-order valence-electron chi connectivity index (χ3n) is 14.5. The van der Waals surface area contributed by atoms with Crippen LogP contribution in [0.1, 0.15) is 119 Å². The fourth-order valence-electron chi connectivity index (χ4n) is 9.96. The van der Waals surface area contributed by atoms with Gasteiger partial charge < -0.3 is 83.4 Å². The molecule has 0 spiro atoms. The first-order valence-corrected chi connectivity index (χ1v) is 30.5. The quantitative estimate of drug-likeness (QED) is 0.0196. The number of amides is 2. The van der Waals surface area contributed by atoms with Crippen LogP contribution in [-0.2, 0) is 114 Å². The monoisotopic (exact) mass is 1430 g/mol. The molecule has 0 saturated carbocycles. The van der Waals surface area contributed by atoms with Crippen LogP contribution in [0.25, 0.3) is 22.3 Å². The molecular weight excluding hydrogens is 1340 g/mol. The van der Waals surface area contributed by atoms with Crippen LogP contribution in [0.3, 0.4) is 0 Å². The average Bonchev–Trinajstić information content (AvgIpc) is 1.71. The zero-order chi connectivity index (χ0) is 64.9. The van der Waals surface area contributed by atoms with E-state index in [0.717, 1.165) is 48.4 Å². The first-order chi connectivity index (χ1) is 42.6. The third kappa shape index (κ3) is 26.8. The molecule has 7 N–H and O–H groups in total. The summed E-state index contributed by atoms with van der Waals surface area (Å²) in [5.41, 5.74) is 10.4. The van der Waals surface area contributed by atoms with Gasteiger partial charge in [0.2, 0.25) is 5.91 Å². The van der Waals surface area contributed by atoms with Crippen LogP contribution in [0.15, 0.2) is 29.1 Å². The fraction of sp³-hybridized carbons (Fsp3) is 0.661. The molecule has 2 aromatic heterocycles. The molecule has 4 aliphatic rings. The Balaban J connectivity index is 0.000000622. The summed E-state index contributed by atoms with van der Waals surface area (Å²) in [5.74, 6) is -2.89. The minimum Gasteiger partial charge on any atom is -0.481 e. The number of rotatable bonds is 35. The third-order valence-corrected chi connectivity index (χ3v) is 14.5. The Morgan fingerprint density at radius 1 is 0.742 bits per heavy atom. The standard InChI is InChI=1S/C35H63N3O15.C22H17FN2O4.2C2H6.CH4O.W/c1-35(8-3-2-4-30(5-9-35)53-34(36)44)33(43)37-10-16-47-22-23-48-17-11-38(12-18-49-24-28-51-26-20-45-14-6-31(39)40)13-19-50-25-29-52-27-21-46-15-7-32(41)42;1-9-10-3-2-4-11-13-7-25-17(19(13)24-16(18(10)11)6-15(9)23)5-12-14(21(25)27)8-29-22(28)20(12)26;3*1-2;/h2,4,30H,3,5-29H2,1H3,(H2,36,44)(H,37,43)(H,39,40)(H,41,42);5-6,20,26H,2-4,7-8H2,1H3;2*1-2H3;2H,1H3;/b4-2+;;;;;/t30-,35+;;;;;/m0...../s1. The van der Waals surface area contributed by atoms with Crippen LogP contribution < -0.4 is 16.6 Å². The molecule has 2 aliphatic carbocycles. The number of carboxylic acids is 2. The Labute approximate surface area is 535 Å². The molecule has 0 radical (unpaired) electrons. The maximum atomic E-state index is 14.5. The summed E-state index contributed by atoms with van der Waals surface area (Å²) in [6, 6.07) is 3.13. The van der Waals surface area contributed by atoms with Gasteiger partial charge in [-0.25, -0.2) is 19.0 Å². The summed E-state index contributed by atoms with van der Waals surface area (Å²) in [7, 11) is 1.00. The summed E-state index contributed by atoms with van der Waals surface area (Å²) in [6.45, 7) is 20.1. The molecule has 2 aliphatic heterocycles. The number of aliphatic hydroxyl groups is 2. The van der Waals surface area contributed by atoms with Crippen molar-refractivity contribution < 1.29 is 117 Å². The van der Waals surface area contributed by atoms with E-state index >= 15 is 0 Å². The van der Waals surface area contributed by atoms with Crippen molar-refractivity contribution in [3.63, 3.8) is 0 Å². The maximum absolute atomic E-state index is 14.5. The number of primary amides is 1. The fourth-order valence-corrected chi connectivity index (χ4v) is 9.96. The number of aromatic nitrogens is 2. The number of halogens is 1. The first kappa shape index (κ1) is 79.7. The van der Waals surface area contributed by atoms with Gasteiger partial charge >= 0.3 is 24.0 Å². The smallest absolute Gasteiger partial charge is 0.405 e. The van der Waals surface area contributed by atoms with E-state index < -0.39 is 41.6 Å². The van der Waals surface area contributed by atoms with E-state index in [-0.39, 0.29) is 76.6 Å². The molecule has 3 atom stereocenters. The van der Waals surface area contributed by atoms with Crippen molar-refractivity contribution in [3.8, 4) is 11.4 Å². The van der Waals surface area contributed by atoms with Crippen LogP contribution >= 0.6 is 0 Å². The van der Waals surface area contributed by atoms with E-state index in [0.29, 0.717) is 179 Å². The van der Waals surface area contributed by atoms with E-state index in [4.69, 9.17) is 73.4 Å². The van der Waals surface area contributed by atoms with Crippen LogP contribution in [0, 0.1) is 18.2 Å². The Kier molecular flexibility index (Phi) is 40.3. The predicted octanol–water partition coefficient (Wildman–Crippen LogP) is 5.20. The first-order valence-electron chi connectivity index (χ1n) is 30.5. The summed E-state index contributed by atoms with van der Waals surface area (Å²) in [5, 5.41) is 38.4. The van der Waals surface area contributed by atoms with E-state index in [1.807, 2.05) is 46.8 Å². The molecule has 7 rings (SSSR count). The SMILES string of the molecule is CC.CC.CO.C[C@@]1(C(=O)NCCOCCOCCN(CCOCCOCCOCCC(=O)O)CCOCCOCCOCCC(=O)O)CC/C=C/[C@H](OC(N)=O)CC1.Cc1c(F)cc2nc3c(c4c2c1CCC4)Cn1c-3cc2c(c1=O)COC(=O)C2O.[W]. The van der Waals surface area contributed by atoms with Gasteiger partial charge in [0.15, 0.2) is 6.10 Å². The molecule has 1 aromatic carbocycles. The Hall–Kier alpha value is -5.35. The summed E-state index contributed by atoms with van der Waals surface area (Å²) >= 11 is 0. The van der Waals surface area contributed by atoms with Gasteiger partial charge in [0, 0.05) is 82.3 Å². The number of aliphatic carboxylic acids is 2. The van der Waals surface area contributed by atoms with Crippen LogP contribution in [0.2, 0.25) is 0 Å². The molecule has 3 aromatic rings. The average molecular weight is 1430 g/mol. The van der Waals surface area contributed by atoms with Crippen molar-refractivity contribution in [3.05, 3.63) is 73.8 Å². The van der Waals surface area contributed by atoms with Gasteiger partial charge in [-0.2, -0.15) is 0 Å². The molecule has 89 heavy (non-hydrogen) atoms. The van der Waals surface area contributed by atoms with E-state index in [1.165, 1.54) is 6.07 Å². The number of hydrogen-bond donors (Lipinski definition) is 6. The Morgan fingerprint density at radius 2 is 1.25 bits per heavy atom. The Bertz CT molecular complexity index is 2680. The molecule has 27 heteroatoms. The molecule has 0 fully saturated rings. The number of nitrogens with one attached hydrogen (secondary N) is 1. The number of ether oxygens (including phenoxy) is 10. The molecule has 0 saturated heterocycles. The number of pyridine rings is 2. The number of hydrogen-bond acceptors (Lipinski definition) is 20. The molecular formula is C62H96FN5O20W. The number of aryl methyl sites for hydroxylation is 2. The number of carbonyl (C=O) groups excluding carboxylic acids is 3. The zero-order valence-corrected chi connectivity index (χ0v) is 55.8. The van der Waals surface area contributed by atoms with E-state index in [9.17, 15) is 38.3 Å². The topological polar surface area (TPSA) is 335 Å². The van der Waals surface area contributed by atoms with Gasteiger partial charge in [0.05, 0.1) is 148 Å². The van der Waals surface area contributed by atoms with Crippen molar-refractivity contribution in [1.29, 1.82) is 0 Å². The Morgan fingerprint density at radius 3 is 1.78 bits per heavy atom. The predicted molar refractivity (Wildman–Crippen MR) is 324 cm³/mol. The van der Waals surface area contributed by atoms with Gasteiger partial charge in [-0.1, -0.05) is 40.7 Å². The number of nitrogens with zero attached hydrogens (tertiary/aromatic N) is 3. The van der Waals surface area contributed by atoms with Gasteiger partial charge in [-0.3, -0.25) is 24.1 Å². The van der Waals surface area contributed by atoms with Crippen molar-refractivity contribution >= 4 is 40.8 Å². The van der Waals surface area contributed by atoms with Crippen LogP contribution in [-0.4, -0.2) is 210 Å². The van der Waals surface area contributed by atoms with Crippen molar-refractivity contribution in [2.45, 2.75) is 125 Å². The molecule has 25 nitrogen and oxygen atoms in total. The molecule has 1 unspecified atom stereocenters. The summed E-state index contributed by atoms with van der Waals surface area (Å²) in [6.07, 6.45) is 6.00. The van der Waals surface area contributed by atoms with E-state index in [2.05, 4.69) is 10.2 Å². The molecule has 2 amide bonds. The number of carbonyl (C=O) groups is 5. The summed E-state index contributed by atoms with van der Waals surface area (Å²) < 4.78 is 70.2. The number of allylic oxidation sites excluding steroid dienone is 1.